The second-order valence-corrected chi connectivity index (χ2v) is 1.88. The van der Waals surface area contributed by atoms with E-state index in [1.807, 2.05) is 0 Å². The van der Waals surface area contributed by atoms with E-state index in [0.29, 0.717) is 0 Å². The second kappa shape index (κ2) is 4.03. The molecule has 2 atom stereocenters. The van der Waals surface area contributed by atoms with Gasteiger partial charge in [-0.1, -0.05) is 12.2 Å². The SMILES string of the molecule is C/C=C/[C@@H](O)[C@H](N)C(=O)O. The van der Waals surface area contributed by atoms with Gasteiger partial charge in [0.2, 0.25) is 0 Å². The largest absolute Gasteiger partial charge is 0.480 e. The molecule has 0 saturated carbocycles. The summed E-state index contributed by atoms with van der Waals surface area (Å²) in [7, 11) is 0. The Balaban J connectivity index is 3.93. The molecule has 0 aromatic heterocycles. The van der Waals surface area contributed by atoms with Crippen molar-refractivity contribution in [1.82, 2.24) is 0 Å². The van der Waals surface area contributed by atoms with Gasteiger partial charge in [-0.05, 0) is 6.92 Å². The summed E-state index contributed by atoms with van der Waals surface area (Å²) in [5.41, 5.74) is 5.05. The summed E-state index contributed by atoms with van der Waals surface area (Å²) >= 11 is 0. The van der Waals surface area contributed by atoms with Crippen LogP contribution in [-0.4, -0.2) is 28.3 Å². The zero-order chi connectivity index (χ0) is 8.15. The zero-order valence-corrected chi connectivity index (χ0v) is 5.69. The number of hydrogen-bond acceptors (Lipinski definition) is 3. The summed E-state index contributed by atoms with van der Waals surface area (Å²) in [6, 6.07) is -1.23. The number of allylic oxidation sites excluding steroid dienone is 1. The van der Waals surface area contributed by atoms with Crippen molar-refractivity contribution in [2.45, 2.75) is 19.1 Å². The molecule has 0 heterocycles. The third-order valence-electron chi connectivity index (χ3n) is 1.04. The van der Waals surface area contributed by atoms with E-state index in [2.05, 4.69) is 0 Å². The normalized spacial score (nSPS) is 17.1. The van der Waals surface area contributed by atoms with Gasteiger partial charge in [0, 0.05) is 0 Å². The second-order valence-electron chi connectivity index (χ2n) is 1.88. The Bertz CT molecular complexity index is 144. The number of carboxylic acid groups (broad SMARTS) is 1. The van der Waals surface area contributed by atoms with E-state index in [4.69, 9.17) is 15.9 Å². The van der Waals surface area contributed by atoms with Gasteiger partial charge >= 0.3 is 5.97 Å². The van der Waals surface area contributed by atoms with Gasteiger partial charge in [-0.15, -0.1) is 0 Å². The Morgan fingerprint density at radius 2 is 2.20 bits per heavy atom. The standard InChI is InChI=1S/C6H11NO3/c1-2-3-4(8)5(7)6(9)10/h2-5,8H,7H2,1H3,(H,9,10)/b3-2+/t4-,5+/m1/s1. The number of aliphatic hydroxyl groups is 1. The molecule has 0 spiro atoms. The first kappa shape index (κ1) is 9.13. The minimum Gasteiger partial charge on any atom is -0.480 e. The van der Waals surface area contributed by atoms with E-state index in [0.717, 1.165) is 0 Å². The third-order valence-corrected chi connectivity index (χ3v) is 1.04. The van der Waals surface area contributed by atoms with Crippen LogP contribution in [0.25, 0.3) is 0 Å². The number of carbonyl (C=O) groups is 1. The first-order valence-corrected chi connectivity index (χ1v) is 2.89. The first-order valence-electron chi connectivity index (χ1n) is 2.89. The van der Waals surface area contributed by atoms with Crippen LogP contribution >= 0.6 is 0 Å². The zero-order valence-electron chi connectivity index (χ0n) is 5.69. The van der Waals surface area contributed by atoms with Crippen molar-refractivity contribution in [3.05, 3.63) is 12.2 Å². The van der Waals surface area contributed by atoms with Crippen molar-refractivity contribution in [3.63, 3.8) is 0 Å². The summed E-state index contributed by atoms with van der Waals surface area (Å²) in [5, 5.41) is 17.2. The Morgan fingerprint density at radius 3 is 2.50 bits per heavy atom. The molecule has 0 aromatic rings. The van der Waals surface area contributed by atoms with Crippen LogP contribution in [0.15, 0.2) is 12.2 Å². The summed E-state index contributed by atoms with van der Waals surface area (Å²) < 4.78 is 0. The lowest BCUT2D eigenvalue weighted by atomic mass is 10.1. The van der Waals surface area contributed by atoms with Crippen LogP contribution in [0.1, 0.15) is 6.92 Å². The van der Waals surface area contributed by atoms with Crippen molar-refractivity contribution in [3.8, 4) is 0 Å². The van der Waals surface area contributed by atoms with Gasteiger partial charge in [-0.3, -0.25) is 4.79 Å². The number of rotatable bonds is 3. The maximum Gasteiger partial charge on any atom is 0.323 e. The Hall–Kier alpha value is -0.870. The highest BCUT2D eigenvalue weighted by atomic mass is 16.4. The van der Waals surface area contributed by atoms with E-state index in [-0.39, 0.29) is 0 Å². The van der Waals surface area contributed by atoms with Crippen LogP contribution in [0, 0.1) is 0 Å². The number of nitrogens with two attached hydrogens (primary N) is 1. The summed E-state index contributed by atoms with van der Waals surface area (Å²) in [6.07, 6.45) is 1.79. The summed E-state index contributed by atoms with van der Waals surface area (Å²) in [6.45, 7) is 1.68. The van der Waals surface area contributed by atoms with E-state index in [1.54, 1.807) is 13.0 Å². The van der Waals surface area contributed by atoms with Crippen LogP contribution in [0.4, 0.5) is 0 Å². The van der Waals surface area contributed by atoms with Crippen LogP contribution in [0.3, 0.4) is 0 Å². The topological polar surface area (TPSA) is 83.5 Å². The highest BCUT2D eigenvalue weighted by Gasteiger charge is 2.18. The fraction of sp³-hybridized carbons (Fsp3) is 0.500. The predicted octanol–water partition coefficient (Wildman–Crippen LogP) is -0.665. The molecule has 4 N–H and O–H groups in total. The fourth-order valence-electron chi connectivity index (χ4n) is 0.463. The van der Waals surface area contributed by atoms with Crippen molar-refractivity contribution in [2.75, 3.05) is 0 Å². The van der Waals surface area contributed by atoms with Gasteiger partial charge in [0.05, 0.1) is 6.10 Å². The molecule has 4 heteroatoms. The quantitative estimate of drug-likeness (QED) is 0.460. The van der Waals surface area contributed by atoms with Crippen LogP contribution in [0.2, 0.25) is 0 Å². The molecule has 0 unspecified atom stereocenters. The van der Waals surface area contributed by atoms with E-state index in [9.17, 15) is 4.79 Å². The molecular weight excluding hydrogens is 134 g/mol. The van der Waals surface area contributed by atoms with E-state index < -0.39 is 18.1 Å². The number of carboxylic acids is 1. The van der Waals surface area contributed by atoms with Gasteiger partial charge < -0.3 is 15.9 Å². The van der Waals surface area contributed by atoms with Gasteiger partial charge in [-0.25, -0.2) is 0 Å². The maximum absolute atomic E-state index is 10.1. The van der Waals surface area contributed by atoms with Crippen molar-refractivity contribution in [1.29, 1.82) is 0 Å². The molecule has 0 saturated heterocycles. The summed E-state index contributed by atoms with van der Waals surface area (Å²) in [4.78, 5) is 10.1. The average molecular weight is 145 g/mol. The molecule has 0 fully saturated rings. The molecule has 0 aromatic carbocycles. The van der Waals surface area contributed by atoms with Crippen molar-refractivity contribution in [2.24, 2.45) is 5.73 Å². The Labute approximate surface area is 59.0 Å². The molecular formula is C6H11NO3. The van der Waals surface area contributed by atoms with Gasteiger partial charge in [-0.2, -0.15) is 0 Å². The van der Waals surface area contributed by atoms with Crippen molar-refractivity contribution < 1.29 is 15.0 Å². The number of aliphatic hydroxyl groups excluding tert-OH is 1. The smallest absolute Gasteiger partial charge is 0.323 e. The lowest BCUT2D eigenvalue weighted by Crippen LogP contribution is -2.40. The number of hydrogen-bond donors (Lipinski definition) is 3. The Kier molecular flexibility index (Phi) is 3.68. The molecule has 0 bridgehead atoms. The molecule has 0 amide bonds. The first-order chi connectivity index (χ1) is 4.59. The fourth-order valence-corrected chi connectivity index (χ4v) is 0.463. The van der Waals surface area contributed by atoms with Gasteiger partial charge in [0.1, 0.15) is 6.04 Å². The van der Waals surface area contributed by atoms with Crippen LogP contribution in [-0.2, 0) is 4.79 Å². The van der Waals surface area contributed by atoms with E-state index in [1.165, 1.54) is 6.08 Å². The van der Waals surface area contributed by atoms with Crippen LogP contribution < -0.4 is 5.73 Å². The number of aliphatic carboxylic acids is 1. The Morgan fingerprint density at radius 1 is 1.70 bits per heavy atom. The average Bonchev–Trinajstić information content (AvgIpc) is 1.87. The molecule has 4 nitrogen and oxygen atoms in total. The highest BCUT2D eigenvalue weighted by Crippen LogP contribution is 1.91. The van der Waals surface area contributed by atoms with Gasteiger partial charge in [0.15, 0.2) is 0 Å². The van der Waals surface area contributed by atoms with Crippen LogP contribution in [0.5, 0.6) is 0 Å². The molecule has 0 rings (SSSR count). The minimum absolute atomic E-state index is 1.09. The monoisotopic (exact) mass is 145 g/mol. The molecule has 0 aliphatic rings. The summed E-state index contributed by atoms with van der Waals surface area (Å²) in [5.74, 6) is -1.20. The molecule has 0 aliphatic heterocycles. The highest BCUT2D eigenvalue weighted by molar-refractivity contribution is 5.74. The molecule has 10 heavy (non-hydrogen) atoms. The lowest BCUT2D eigenvalue weighted by Gasteiger charge is -2.09. The molecule has 58 valence electrons. The minimum atomic E-state index is -1.23. The molecule has 0 aliphatic carbocycles. The van der Waals surface area contributed by atoms with E-state index >= 15 is 0 Å². The predicted molar refractivity (Wildman–Crippen MR) is 36.4 cm³/mol. The molecule has 0 radical (unpaired) electrons. The lowest BCUT2D eigenvalue weighted by molar-refractivity contribution is -0.140. The van der Waals surface area contributed by atoms with Crippen molar-refractivity contribution >= 4 is 5.97 Å². The third kappa shape index (κ3) is 2.61. The maximum atomic E-state index is 10.1. The van der Waals surface area contributed by atoms with Gasteiger partial charge in [0.25, 0.3) is 0 Å².